The van der Waals surface area contributed by atoms with Crippen molar-refractivity contribution in [3.05, 3.63) is 0 Å². The van der Waals surface area contributed by atoms with Gasteiger partial charge in [-0.25, -0.2) is 0 Å². The van der Waals surface area contributed by atoms with Gasteiger partial charge in [0.15, 0.2) is 0 Å². The average molecular weight is 295 g/mol. The van der Waals surface area contributed by atoms with Crippen LogP contribution in [0.1, 0.15) is 64.2 Å². The molecule has 3 N–H and O–H groups in total. The number of carbonyl (C=O) groups excluding carboxylic acids is 1. The maximum Gasteiger partial charge on any atom is 0.236 e. The molecule has 1 unspecified atom stereocenters. The van der Waals surface area contributed by atoms with Gasteiger partial charge < -0.3 is 16.0 Å². The quantitative estimate of drug-likeness (QED) is 0.790. The Hall–Kier alpha value is -0.610. The lowest BCUT2D eigenvalue weighted by Gasteiger charge is -2.37. The first-order valence-corrected chi connectivity index (χ1v) is 8.74. The van der Waals surface area contributed by atoms with Crippen LogP contribution in [0.15, 0.2) is 0 Å². The third kappa shape index (κ3) is 4.43. The minimum Gasteiger partial charge on any atom is -0.353 e. The Morgan fingerprint density at radius 3 is 2.38 bits per heavy atom. The first-order valence-electron chi connectivity index (χ1n) is 8.74. The fraction of sp³-hybridized carbons (Fsp3) is 0.941. The van der Waals surface area contributed by atoms with Gasteiger partial charge in [0.05, 0.1) is 6.04 Å². The minimum atomic E-state index is -0.325. The molecule has 0 spiro atoms. The molecule has 0 bridgehead atoms. The third-order valence-electron chi connectivity index (χ3n) is 5.72. The summed E-state index contributed by atoms with van der Waals surface area (Å²) in [5.41, 5.74) is 6.28. The van der Waals surface area contributed by atoms with Gasteiger partial charge in [0, 0.05) is 12.1 Å². The molecule has 1 atom stereocenters. The number of nitrogens with two attached hydrogens (primary N) is 1. The van der Waals surface area contributed by atoms with E-state index in [2.05, 4.69) is 24.3 Å². The number of nitrogens with zero attached hydrogens (tertiary/aromatic N) is 1. The molecule has 1 amide bonds. The van der Waals surface area contributed by atoms with Gasteiger partial charge in [0.25, 0.3) is 0 Å². The van der Waals surface area contributed by atoms with Crippen LogP contribution in [-0.2, 0) is 4.79 Å². The van der Waals surface area contributed by atoms with Gasteiger partial charge >= 0.3 is 0 Å². The predicted molar refractivity (Wildman–Crippen MR) is 87.1 cm³/mol. The van der Waals surface area contributed by atoms with E-state index in [4.69, 9.17) is 5.73 Å². The van der Waals surface area contributed by atoms with Crippen LogP contribution in [0, 0.1) is 5.92 Å². The molecule has 0 aromatic rings. The Labute approximate surface area is 129 Å². The highest BCUT2D eigenvalue weighted by molar-refractivity contribution is 5.81. The SMILES string of the molecule is CN(C)C1(CNC(=O)C(N)CC2CCCCC2)CCCC1. The lowest BCUT2D eigenvalue weighted by atomic mass is 9.85. The van der Waals surface area contributed by atoms with E-state index in [0.717, 1.165) is 13.0 Å². The maximum absolute atomic E-state index is 12.3. The van der Waals surface area contributed by atoms with Crippen molar-refractivity contribution in [1.29, 1.82) is 0 Å². The summed E-state index contributed by atoms with van der Waals surface area (Å²) in [5, 5.41) is 3.13. The van der Waals surface area contributed by atoms with Gasteiger partial charge in [-0.15, -0.1) is 0 Å². The Kier molecular flexibility index (Phi) is 6.06. The Bertz CT molecular complexity index is 331. The van der Waals surface area contributed by atoms with Gasteiger partial charge in [-0.2, -0.15) is 0 Å². The number of rotatable bonds is 6. The van der Waals surface area contributed by atoms with Crippen LogP contribution in [0.3, 0.4) is 0 Å². The number of carbonyl (C=O) groups is 1. The average Bonchev–Trinajstić information content (AvgIpc) is 2.96. The van der Waals surface area contributed by atoms with E-state index < -0.39 is 0 Å². The van der Waals surface area contributed by atoms with Crippen LogP contribution in [-0.4, -0.2) is 43.0 Å². The van der Waals surface area contributed by atoms with E-state index in [0.29, 0.717) is 5.92 Å². The fourth-order valence-corrected chi connectivity index (χ4v) is 4.09. The fourth-order valence-electron chi connectivity index (χ4n) is 4.09. The number of hydrogen-bond donors (Lipinski definition) is 2. The van der Waals surface area contributed by atoms with Crippen molar-refractivity contribution in [2.75, 3.05) is 20.6 Å². The number of likely N-dealkylation sites (N-methyl/N-ethyl adjacent to an activating group) is 1. The first kappa shape index (κ1) is 16.8. The largest absolute Gasteiger partial charge is 0.353 e. The number of nitrogens with one attached hydrogen (secondary N) is 1. The summed E-state index contributed by atoms with van der Waals surface area (Å²) < 4.78 is 0. The molecule has 2 aliphatic rings. The van der Waals surface area contributed by atoms with Crippen molar-refractivity contribution in [1.82, 2.24) is 10.2 Å². The minimum absolute atomic E-state index is 0.0497. The van der Waals surface area contributed by atoms with E-state index in [-0.39, 0.29) is 17.5 Å². The number of amides is 1. The molecule has 0 heterocycles. The highest BCUT2D eigenvalue weighted by atomic mass is 16.2. The molecule has 0 aromatic heterocycles. The van der Waals surface area contributed by atoms with Crippen molar-refractivity contribution < 1.29 is 4.79 Å². The van der Waals surface area contributed by atoms with Crippen LogP contribution in [0.2, 0.25) is 0 Å². The summed E-state index contributed by atoms with van der Waals surface area (Å²) in [4.78, 5) is 14.6. The summed E-state index contributed by atoms with van der Waals surface area (Å²) in [6, 6.07) is -0.325. The molecule has 0 radical (unpaired) electrons. The molecule has 4 nitrogen and oxygen atoms in total. The van der Waals surface area contributed by atoms with Gasteiger partial charge in [0.1, 0.15) is 0 Å². The molecular weight excluding hydrogens is 262 g/mol. The van der Waals surface area contributed by atoms with Gasteiger partial charge in [0.2, 0.25) is 5.91 Å². The van der Waals surface area contributed by atoms with Crippen molar-refractivity contribution >= 4 is 5.91 Å². The van der Waals surface area contributed by atoms with Crippen LogP contribution < -0.4 is 11.1 Å². The normalized spacial score (nSPS) is 24.2. The van der Waals surface area contributed by atoms with Crippen LogP contribution in [0.4, 0.5) is 0 Å². The second-order valence-electron chi connectivity index (χ2n) is 7.39. The molecule has 21 heavy (non-hydrogen) atoms. The second-order valence-corrected chi connectivity index (χ2v) is 7.39. The first-order chi connectivity index (χ1) is 10.0. The maximum atomic E-state index is 12.3. The van der Waals surface area contributed by atoms with Crippen molar-refractivity contribution in [2.24, 2.45) is 11.7 Å². The summed E-state index contributed by atoms with van der Waals surface area (Å²) in [6.45, 7) is 0.747. The molecule has 0 saturated heterocycles. The zero-order valence-corrected chi connectivity index (χ0v) is 13.9. The zero-order valence-electron chi connectivity index (χ0n) is 13.9. The number of hydrogen-bond acceptors (Lipinski definition) is 3. The van der Waals surface area contributed by atoms with Crippen molar-refractivity contribution in [3.63, 3.8) is 0 Å². The highest BCUT2D eigenvalue weighted by Gasteiger charge is 2.36. The van der Waals surface area contributed by atoms with E-state index >= 15 is 0 Å². The molecule has 0 aliphatic heterocycles. The topological polar surface area (TPSA) is 58.4 Å². The van der Waals surface area contributed by atoms with E-state index in [1.807, 2.05) is 0 Å². The second kappa shape index (κ2) is 7.59. The van der Waals surface area contributed by atoms with Crippen molar-refractivity contribution in [2.45, 2.75) is 75.8 Å². The van der Waals surface area contributed by atoms with Crippen LogP contribution in [0.5, 0.6) is 0 Å². The zero-order chi connectivity index (χ0) is 15.3. The van der Waals surface area contributed by atoms with Gasteiger partial charge in [-0.05, 0) is 39.3 Å². The molecular formula is C17H33N3O. The highest BCUT2D eigenvalue weighted by Crippen LogP contribution is 2.33. The summed E-state index contributed by atoms with van der Waals surface area (Å²) in [7, 11) is 4.25. The molecule has 2 aliphatic carbocycles. The lowest BCUT2D eigenvalue weighted by molar-refractivity contribution is -0.123. The van der Waals surface area contributed by atoms with E-state index in [1.165, 1.54) is 57.8 Å². The Balaban J connectivity index is 1.77. The Morgan fingerprint density at radius 2 is 1.81 bits per heavy atom. The molecule has 122 valence electrons. The molecule has 2 saturated carbocycles. The molecule has 0 aromatic carbocycles. The third-order valence-corrected chi connectivity index (χ3v) is 5.72. The standard InChI is InChI=1S/C17H33N3O/c1-20(2)17(10-6-7-11-17)13-19-16(21)15(18)12-14-8-4-3-5-9-14/h14-15H,3-13,18H2,1-2H3,(H,19,21). The molecule has 4 heteroatoms. The lowest BCUT2D eigenvalue weighted by Crippen LogP contribution is -2.53. The van der Waals surface area contributed by atoms with Gasteiger partial charge in [-0.3, -0.25) is 4.79 Å². The summed E-state index contributed by atoms with van der Waals surface area (Å²) in [6.07, 6.45) is 12.2. The predicted octanol–water partition coefficient (Wildman–Crippen LogP) is 2.27. The Morgan fingerprint density at radius 1 is 1.19 bits per heavy atom. The van der Waals surface area contributed by atoms with Crippen LogP contribution >= 0.6 is 0 Å². The molecule has 2 rings (SSSR count). The van der Waals surface area contributed by atoms with Crippen LogP contribution in [0.25, 0.3) is 0 Å². The summed E-state index contributed by atoms with van der Waals surface area (Å²) >= 11 is 0. The van der Waals surface area contributed by atoms with Gasteiger partial charge in [-0.1, -0.05) is 44.9 Å². The monoisotopic (exact) mass is 295 g/mol. The summed E-state index contributed by atoms with van der Waals surface area (Å²) in [5.74, 6) is 0.711. The van der Waals surface area contributed by atoms with E-state index in [9.17, 15) is 4.79 Å². The van der Waals surface area contributed by atoms with E-state index in [1.54, 1.807) is 0 Å². The smallest absolute Gasteiger partial charge is 0.236 e. The van der Waals surface area contributed by atoms with Crippen molar-refractivity contribution in [3.8, 4) is 0 Å². The molecule has 2 fully saturated rings.